The highest BCUT2D eigenvalue weighted by Crippen LogP contribution is 2.36. The lowest BCUT2D eigenvalue weighted by atomic mass is 9.86. The topological polar surface area (TPSA) is 62.3 Å². The summed E-state index contributed by atoms with van der Waals surface area (Å²) < 4.78 is 0. The average Bonchev–Trinajstić information content (AvgIpc) is 2.97. The molecule has 2 amide bonds. The lowest BCUT2D eigenvalue weighted by Crippen LogP contribution is -2.33. The van der Waals surface area contributed by atoms with Gasteiger partial charge in [-0.3, -0.25) is 14.6 Å². The molecule has 94 valence electrons. The molecule has 2 fully saturated rings. The van der Waals surface area contributed by atoms with Crippen molar-refractivity contribution in [3.63, 3.8) is 0 Å². The zero-order valence-electron chi connectivity index (χ0n) is 10.1. The van der Waals surface area contributed by atoms with Gasteiger partial charge in [-0.25, -0.2) is 0 Å². The molecule has 1 unspecified atom stereocenters. The van der Waals surface area contributed by atoms with Gasteiger partial charge in [0.15, 0.2) is 0 Å². The lowest BCUT2D eigenvalue weighted by molar-refractivity contribution is -0.119. The van der Waals surface area contributed by atoms with E-state index in [9.17, 15) is 9.59 Å². The summed E-state index contributed by atoms with van der Waals surface area (Å²) in [6, 6.07) is 3.46. The summed E-state index contributed by atoms with van der Waals surface area (Å²) in [6.45, 7) is 2.11. The predicted octanol–water partition coefficient (Wildman–Crippen LogP) is 0.434. The summed E-state index contributed by atoms with van der Waals surface area (Å²) in [6.07, 6.45) is 4.70. The molecule has 3 heterocycles. The Bertz CT molecular complexity index is 488. The van der Waals surface area contributed by atoms with Crippen LogP contribution in [0.2, 0.25) is 0 Å². The first kappa shape index (κ1) is 11.2. The van der Waals surface area contributed by atoms with Gasteiger partial charge in [0.05, 0.1) is 0 Å². The minimum Gasteiger partial charge on any atom is -0.355 e. The standard InChI is InChI=1S/C13H15N3O2/c17-11-7-13(8-15-11)3-6-16(9-13)12(18)10-1-4-14-5-2-10/h1-2,4-5H,3,6-9H2,(H,15,17). The summed E-state index contributed by atoms with van der Waals surface area (Å²) in [5.41, 5.74) is 0.638. The second-order valence-corrected chi connectivity index (χ2v) is 5.17. The SMILES string of the molecule is O=C1CC2(CCN(C(=O)c3ccncc3)C2)CN1. The van der Waals surface area contributed by atoms with Gasteiger partial charge >= 0.3 is 0 Å². The first-order chi connectivity index (χ1) is 8.69. The molecule has 1 atom stereocenters. The second kappa shape index (κ2) is 4.08. The number of carbonyl (C=O) groups is 2. The van der Waals surface area contributed by atoms with E-state index in [1.165, 1.54) is 0 Å². The zero-order chi connectivity index (χ0) is 12.6. The van der Waals surface area contributed by atoms with Crippen LogP contribution in [0.15, 0.2) is 24.5 Å². The normalized spacial score (nSPS) is 26.7. The van der Waals surface area contributed by atoms with Gasteiger partial charge in [0.2, 0.25) is 5.91 Å². The number of pyridine rings is 1. The van der Waals surface area contributed by atoms with Crippen LogP contribution in [0.1, 0.15) is 23.2 Å². The molecule has 1 aromatic rings. The van der Waals surface area contributed by atoms with E-state index in [0.29, 0.717) is 25.1 Å². The number of amides is 2. The molecule has 5 heteroatoms. The van der Waals surface area contributed by atoms with Crippen LogP contribution in [0.25, 0.3) is 0 Å². The van der Waals surface area contributed by atoms with Crippen molar-refractivity contribution in [3.05, 3.63) is 30.1 Å². The van der Waals surface area contributed by atoms with Gasteiger partial charge in [0, 0.05) is 49.4 Å². The summed E-state index contributed by atoms with van der Waals surface area (Å²) in [5, 5.41) is 2.86. The highest BCUT2D eigenvalue weighted by molar-refractivity contribution is 5.94. The van der Waals surface area contributed by atoms with Gasteiger partial charge in [0.25, 0.3) is 5.91 Å². The van der Waals surface area contributed by atoms with Gasteiger partial charge in [0.1, 0.15) is 0 Å². The number of hydrogen-bond acceptors (Lipinski definition) is 3. The Balaban J connectivity index is 1.73. The quantitative estimate of drug-likeness (QED) is 0.780. The molecule has 2 saturated heterocycles. The molecule has 0 aromatic carbocycles. The van der Waals surface area contributed by atoms with E-state index in [1.54, 1.807) is 24.5 Å². The van der Waals surface area contributed by atoms with Crippen LogP contribution in [0.5, 0.6) is 0 Å². The Kier molecular flexibility index (Phi) is 2.54. The molecule has 2 aliphatic heterocycles. The largest absolute Gasteiger partial charge is 0.355 e. The van der Waals surface area contributed by atoms with E-state index < -0.39 is 0 Å². The number of aromatic nitrogens is 1. The van der Waals surface area contributed by atoms with Crippen LogP contribution >= 0.6 is 0 Å². The molecule has 1 aromatic heterocycles. The second-order valence-electron chi connectivity index (χ2n) is 5.17. The Labute approximate surface area is 105 Å². The molecular formula is C13H15N3O2. The maximum Gasteiger partial charge on any atom is 0.253 e. The van der Waals surface area contributed by atoms with Crippen molar-refractivity contribution in [2.24, 2.45) is 5.41 Å². The van der Waals surface area contributed by atoms with E-state index in [0.717, 1.165) is 13.0 Å². The van der Waals surface area contributed by atoms with Gasteiger partial charge in [-0.2, -0.15) is 0 Å². The maximum atomic E-state index is 12.3. The fourth-order valence-electron chi connectivity index (χ4n) is 2.83. The minimum atomic E-state index is -0.0280. The Morgan fingerprint density at radius 3 is 2.83 bits per heavy atom. The molecule has 5 nitrogen and oxygen atoms in total. The fourth-order valence-corrected chi connectivity index (χ4v) is 2.83. The van der Waals surface area contributed by atoms with E-state index in [4.69, 9.17) is 0 Å². The van der Waals surface area contributed by atoms with Crippen LogP contribution in [-0.4, -0.2) is 41.3 Å². The molecule has 3 rings (SSSR count). The third kappa shape index (κ3) is 1.85. The van der Waals surface area contributed by atoms with Gasteiger partial charge in [-0.15, -0.1) is 0 Å². The van der Waals surface area contributed by atoms with Crippen LogP contribution < -0.4 is 5.32 Å². The number of carbonyl (C=O) groups excluding carboxylic acids is 2. The lowest BCUT2D eigenvalue weighted by Gasteiger charge is -2.21. The first-order valence-corrected chi connectivity index (χ1v) is 6.15. The number of likely N-dealkylation sites (tertiary alicyclic amines) is 1. The van der Waals surface area contributed by atoms with Crippen LogP contribution in [-0.2, 0) is 4.79 Å². The van der Waals surface area contributed by atoms with Crippen molar-refractivity contribution < 1.29 is 9.59 Å². The minimum absolute atomic E-state index is 0.0280. The van der Waals surface area contributed by atoms with E-state index >= 15 is 0 Å². The summed E-state index contributed by atoms with van der Waals surface area (Å²) in [4.78, 5) is 29.3. The Morgan fingerprint density at radius 2 is 2.17 bits per heavy atom. The van der Waals surface area contributed by atoms with Crippen molar-refractivity contribution in [1.82, 2.24) is 15.2 Å². The molecule has 0 saturated carbocycles. The predicted molar refractivity (Wildman–Crippen MR) is 64.8 cm³/mol. The smallest absolute Gasteiger partial charge is 0.253 e. The van der Waals surface area contributed by atoms with Crippen molar-refractivity contribution in [2.45, 2.75) is 12.8 Å². The van der Waals surface area contributed by atoms with Crippen molar-refractivity contribution in [1.29, 1.82) is 0 Å². The van der Waals surface area contributed by atoms with E-state index in [2.05, 4.69) is 10.3 Å². The molecular weight excluding hydrogens is 230 g/mol. The number of rotatable bonds is 1. The summed E-state index contributed by atoms with van der Waals surface area (Å²) in [7, 11) is 0. The number of hydrogen-bond donors (Lipinski definition) is 1. The molecule has 1 spiro atoms. The van der Waals surface area contributed by atoms with Crippen molar-refractivity contribution in [2.75, 3.05) is 19.6 Å². The van der Waals surface area contributed by atoms with Crippen molar-refractivity contribution in [3.8, 4) is 0 Å². The Hall–Kier alpha value is -1.91. The molecule has 1 N–H and O–H groups in total. The van der Waals surface area contributed by atoms with Gasteiger partial charge < -0.3 is 10.2 Å². The fraction of sp³-hybridized carbons (Fsp3) is 0.462. The summed E-state index contributed by atoms with van der Waals surface area (Å²) >= 11 is 0. The zero-order valence-corrected chi connectivity index (χ0v) is 10.1. The third-order valence-electron chi connectivity index (χ3n) is 3.85. The number of nitrogens with zero attached hydrogens (tertiary/aromatic N) is 2. The summed E-state index contributed by atoms with van der Waals surface area (Å²) in [5.74, 6) is 0.141. The molecule has 0 aliphatic carbocycles. The Morgan fingerprint density at radius 1 is 1.39 bits per heavy atom. The third-order valence-corrected chi connectivity index (χ3v) is 3.85. The van der Waals surface area contributed by atoms with Crippen LogP contribution in [0.3, 0.4) is 0 Å². The van der Waals surface area contributed by atoms with E-state index in [1.807, 2.05) is 4.90 Å². The monoisotopic (exact) mass is 245 g/mol. The first-order valence-electron chi connectivity index (χ1n) is 6.15. The molecule has 18 heavy (non-hydrogen) atoms. The highest BCUT2D eigenvalue weighted by atomic mass is 16.2. The average molecular weight is 245 g/mol. The van der Waals surface area contributed by atoms with Crippen molar-refractivity contribution >= 4 is 11.8 Å². The van der Waals surface area contributed by atoms with Crippen LogP contribution in [0.4, 0.5) is 0 Å². The highest BCUT2D eigenvalue weighted by Gasteiger charge is 2.45. The van der Waals surface area contributed by atoms with Gasteiger partial charge in [-0.05, 0) is 18.6 Å². The number of nitrogens with one attached hydrogen (secondary N) is 1. The van der Waals surface area contributed by atoms with E-state index in [-0.39, 0.29) is 17.2 Å². The molecule has 0 bridgehead atoms. The maximum absolute atomic E-state index is 12.3. The van der Waals surface area contributed by atoms with Crippen LogP contribution in [0, 0.1) is 5.41 Å². The van der Waals surface area contributed by atoms with Gasteiger partial charge in [-0.1, -0.05) is 0 Å². The molecule has 2 aliphatic rings. The molecule has 0 radical (unpaired) electrons.